The molecule has 41 heavy (non-hydrogen) atoms. The van der Waals surface area contributed by atoms with Gasteiger partial charge in [0.2, 0.25) is 0 Å². The van der Waals surface area contributed by atoms with Crippen LogP contribution in [-0.2, 0) is 11.2 Å². The molecule has 1 fully saturated rings. The Balaban J connectivity index is 1.35. The molecule has 1 saturated heterocycles. The van der Waals surface area contributed by atoms with Gasteiger partial charge in [-0.05, 0) is 70.6 Å². The first-order valence-electron chi connectivity index (χ1n) is 13.5. The Hall–Kier alpha value is -3.89. The zero-order valence-corrected chi connectivity index (χ0v) is 24.2. The predicted molar refractivity (Wildman–Crippen MR) is 160 cm³/mol. The fraction of sp³-hybridized carbons (Fsp3) is 0.355. The monoisotopic (exact) mass is 581 g/mol. The number of nitrogens with zero attached hydrogens (tertiary/aromatic N) is 1. The summed E-state index contributed by atoms with van der Waals surface area (Å²) in [7, 11) is 2.98. The van der Waals surface area contributed by atoms with E-state index in [1.165, 1.54) is 14.2 Å². The average molecular weight is 582 g/mol. The Kier molecular flexibility index (Phi) is 10.8. The first kappa shape index (κ1) is 30.1. The summed E-state index contributed by atoms with van der Waals surface area (Å²) < 4.78 is 29.4. The van der Waals surface area contributed by atoms with Crippen LogP contribution in [0.3, 0.4) is 0 Å². The average Bonchev–Trinajstić information content (AvgIpc) is 3.65. The number of hydrogen-bond acceptors (Lipinski definition) is 7. The van der Waals surface area contributed by atoms with E-state index < -0.39 is 12.8 Å². The fourth-order valence-corrected chi connectivity index (χ4v) is 5.67. The number of aryl methyl sites for hydroxylation is 1. The van der Waals surface area contributed by atoms with Gasteiger partial charge in [0.1, 0.15) is 6.10 Å². The van der Waals surface area contributed by atoms with Crippen molar-refractivity contribution < 1.29 is 28.2 Å². The summed E-state index contributed by atoms with van der Waals surface area (Å²) in [4.78, 5) is 28.0. The molecule has 2 aromatic carbocycles. The zero-order chi connectivity index (χ0) is 29.2. The molecule has 0 aliphatic carbocycles. The minimum absolute atomic E-state index is 0.0674. The largest absolute Gasteiger partial charge is 0.493 e. The van der Waals surface area contributed by atoms with Crippen LogP contribution in [0.15, 0.2) is 65.9 Å². The number of carbonyl (C=O) groups is 2. The number of alkyl halides is 1. The summed E-state index contributed by atoms with van der Waals surface area (Å²) in [6.45, 7) is 4.83. The highest BCUT2D eigenvalue weighted by Crippen LogP contribution is 2.33. The Morgan fingerprint density at radius 1 is 1.15 bits per heavy atom. The molecule has 1 aromatic heterocycles. The third-order valence-corrected chi connectivity index (χ3v) is 7.68. The van der Waals surface area contributed by atoms with Crippen LogP contribution < -0.4 is 20.1 Å². The Morgan fingerprint density at radius 3 is 2.61 bits per heavy atom. The van der Waals surface area contributed by atoms with Gasteiger partial charge in [0.15, 0.2) is 11.5 Å². The molecule has 0 spiro atoms. The van der Waals surface area contributed by atoms with Crippen molar-refractivity contribution in [1.82, 2.24) is 10.2 Å². The lowest BCUT2D eigenvalue weighted by atomic mass is 10.0. The number of carbonyl (C=O) groups excluding carboxylic acids is 2. The van der Waals surface area contributed by atoms with Gasteiger partial charge in [-0.25, -0.2) is 4.79 Å². The standard InChI is InChI=1S/C31H36FN3O5S/c1-4-13-35-19-26(40-31(37)34-24-9-7-22(8-10-24)23-11-14-41-20-23)17-25(35)18-33-30(36)27-15-21(6-5-12-32)16-28(38-2)29(27)39-3/h4,7-11,14-16,20,25-26H,1,5-6,12-13,17-19H2,2-3H3,(H,33,36)(H,34,37)/t25-,26+/m0/s1. The van der Waals surface area contributed by atoms with E-state index in [9.17, 15) is 14.0 Å². The van der Waals surface area contributed by atoms with Gasteiger partial charge in [-0.2, -0.15) is 11.3 Å². The number of halogens is 1. The molecule has 2 N–H and O–H groups in total. The molecule has 4 rings (SSSR count). The van der Waals surface area contributed by atoms with Gasteiger partial charge in [-0.15, -0.1) is 6.58 Å². The molecule has 0 bridgehead atoms. The van der Waals surface area contributed by atoms with Crippen LogP contribution in [-0.4, -0.2) is 69.6 Å². The molecular formula is C31H36FN3O5S. The van der Waals surface area contributed by atoms with Crippen LogP contribution in [0.1, 0.15) is 28.8 Å². The summed E-state index contributed by atoms with van der Waals surface area (Å²) in [6.07, 6.45) is 2.30. The number of nitrogens with one attached hydrogen (secondary N) is 2. The van der Waals surface area contributed by atoms with E-state index in [1.807, 2.05) is 29.6 Å². The molecule has 0 unspecified atom stereocenters. The molecule has 2 amide bonds. The van der Waals surface area contributed by atoms with E-state index in [0.717, 1.165) is 16.7 Å². The van der Waals surface area contributed by atoms with Gasteiger partial charge in [0.25, 0.3) is 5.91 Å². The van der Waals surface area contributed by atoms with Crippen LogP contribution in [0.25, 0.3) is 11.1 Å². The SMILES string of the molecule is C=CCN1C[C@H](OC(=O)Nc2ccc(-c3ccsc3)cc2)C[C@H]1CNC(=O)c1cc(CCCF)cc(OC)c1OC. The van der Waals surface area contributed by atoms with Crippen molar-refractivity contribution >= 4 is 29.0 Å². The minimum Gasteiger partial charge on any atom is -0.493 e. The van der Waals surface area contributed by atoms with Gasteiger partial charge in [-0.3, -0.25) is 19.4 Å². The summed E-state index contributed by atoms with van der Waals surface area (Å²) >= 11 is 1.64. The second-order valence-electron chi connectivity index (χ2n) is 9.76. The molecule has 8 nitrogen and oxygen atoms in total. The number of amides is 2. The lowest BCUT2D eigenvalue weighted by Crippen LogP contribution is -2.40. The van der Waals surface area contributed by atoms with Crippen LogP contribution >= 0.6 is 11.3 Å². The Morgan fingerprint density at radius 2 is 1.95 bits per heavy atom. The molecule has 2 heterocycles. The predicted octanol–water partition coefficient (Wildman–Crippen LogP) is 5.94. The van der Waals surface area contributed by atoms with Gasteiger partial charge in [0, 0.05) is 37.8 Å². The molecule has 0 saturated carbocycles. The van der Waals surface area contributed by atoms with Gasteiger partial charge >= 0.3 is 6.09 Å². The van der Waals surface area contributed by atoms with Crippen molar-refractivity contribution in [3.8, 4) is 22.6 Å². The van der Waals surface area contributed by atoms with Crippen molar-refractivity contribution in [2.24, 2.45) is 0 Å². The second-order valence-corrected chi connectivity index (χ2v) is 10.5. The van der Waals surface area contributed by atoms with Crippen molar-refractivity contribution in [2.75, 3.05) is 45.8 Å². The topological polar surface area (TPSA) is 89.1 Å². The van der Waals surface area contributed by atoms with Crippen molar-refractivity contribution in [3.63, 3.8) is 0 Å². The molecule has 2 atom stereocenters. The molecular weight excluding hydrogens is 545 g/mol. The van der Waals surface area contributed by atoms with Crippen LogP contribution in [0.2, 0.25) is 0 Å². The number of benzene rings is 2. The van der Waals surface area contributed by atoms with Gasteiger partial charge in [0.05, 0.1) is 26.5 Å². The van der Waals surface area contributed by atoms with E-state index in [-0.39, 0.29) is 18.1 Å². The number of rotatable bonds is 13. The highest BCUT2D eigenvalue weighted by molar-refractivity contribution is 7.08. The fourth-order valence-electron chi connectivity index (χ4n) is 5.01. The lowest BCUT2D eigenvalue weighted by molar-refractivity contribution is 0.0937. The van der Waals surface area contributed by atoms with E-state index in [4.69, 9.17) is 14.2 Å². The lowest BCUT2D eigenvalue weighted by Gasteiger charge is -2.23. The van der Waals surface area contributed by atoms with Crippen LogP contribution in [0.5, 0.6) is 11.5 Å². The Bertz CT molecular complexity index is 1320. The summed E-state index contributed by atoms with van der Waals surface area (Å²) in [5, 5.41) is 9.89. The third-order valence-electron chi connectivity index (χ3n) is 6.99. The molecule has 10 heteroatoms. The molecule has 3 aromatic rings. The number of likely N-dealkylation sites (tertiary alicyclic amines) is 1. The highest BCUT2D eigenvalue weighted by atomic mass is 32.1. The minimum atomic E-state index is -0.525. The Labute approximate surface area is 244 Å². The summed E-state index contributed by atoms with van der Waals surface area (Å²) in [6, 6.07) is 13.1. The number of methoxy groups -OCH3 is 2. The van der Waals surface area contributed by atoms with Crippen molar-refractivity contribution in [3.05, 3.63) is 77.0 Å². The molecule has 218 valence electrons. The van der Waals surface area contributed by atoms with E-state index in [2.05, 4.69) is 33.6 Å². The van der Waals surface area contributed by atoms with Crippen molar-refractivity contribution in [1.29, 1.82) is 0 Å². The van der Waals surface area contributed by atoms with Gasteiger partial charge in [-0.1, -0.05) is 18.2 Å². The third kappa shape index (κ3) is 7.86. The van der Waals surface area contributed by atoms with Crippen molar-refractivity contribution in [2.45, 2.75) is 31.4 Å². The molecule has 0 radical (unpaired) electrons. The maximum absolute atomic E-state index is 13.2. The second kappa shape index (κ2) is 14.7. The van der Waals surface area contributed by atoms with E-state index in [0.29, 0.717) is 61.6 Å². The van der Waals surface area contributed by atoms with Crippen LogP contribution in [0.4, 0.5) is 14.9 Å². The first-order chi connectivity index (χ1) is 19.9. The summed E-state index contributed by atoms with van der Waals surface area (Å²) in [5.74, 6) is 0.419. The molecule has 1 aliphatic rings. The van der Waals surface area contributed by atoms with E-state index in [1.54, 1.807) is 29.5 Å². The number of anilines is 1. The maximum atomic E-state index is 13.2. The number of hydrogen-bond donors (Lipinski definition) is 2. The smallest absolute Gasteiger partial charge is 0.411 e. The summed E-state index contributed by atoms with van der Waals surface area (Å²) in [5.41, 5.74) is 3.98. The number of thiophene rings is 1. The first-order valence-corrected chi connectivity index (χ1v) is 14.4. The maximum Gasteiger partial charge on any atom is 0.411 e. The molecule has 1 aliphatic heterocycles. The quantitative estimate of drug-likeness (QED) is 0.243. The van der Waals surface area contributed by atoms with E-state index >= 15 is 0 Å². The van der Waals surface area contributed by atoms with Gasteiger partial charge < -0.3 is 19.5 Å². The normalized spacial score (nSPS) is 16.7. The van der Waals surface area contributed by atoms with Crippen LogP contribution in [0, 0.1) is 0 Å². The number of ether oxygens (including phenoxy) is 3. The highest BCUT2D eigenvalue weighted by Gasteiger charge is 2.34. The zero-order valence-electron chi connectivity index (χ0n) is 23.4.